The lowest BCUT2D eigenvalue weighted by atomic mass is 10.1. The Morgan fingerprint density at radius 1 is 1.44 bits per heavy atom. The zero-order valence-electron chi connectivity index (χ0n) is 9.52. The van der Waals surface area contributed by atoms with Crippen LogP contribution in [0.15, 0.2) is 35.8 Å². The Bertz CT molecular complexity index is 516. The third-order valence-electron chi connectivity index (χ3n) is 2.24. The quantitative estimate of drug-likeness (QED) is 0.904. The molecule has 0 radical (unpaired) electrons. The molecule has 0 saturated heterocycles. The highest BCUT2D eigenvalue weighted by atomic mass is 35.5. The van der Waals surface area contributed by atoms with Crippen molar-refractivity contribution in [2.45, 2.75) is 6.42 Å². The van der Waals surface area contributed by atoms with Gasteiger partial charge in [-0.2, -0.15) is 0 Å². The van der Waals surface area contributed by atoms with Gasteiger partial charge in [-0.15, -0.1) is 11.3 Å². The number of carbonyl (C=O) groups excluding carboxylic acids is 1. The lowest BCUT2D eigenvalue weighted by Gasteiger charge is -2.05. The largest absolute Gasteiger partial charge is 0.337 e. The first-order valence-corrected chi connectivity index (χ1v) is 6.68. The zero-order valence-corrected chi connectivity index (χ0v) is 11.1. The summed E-state index contributed by atoms with van der Waals surface area (Å²) in [5.41, 5.74) is 1.09. The highest BCUT2D eigenvalue weighted by Crippen LogP contribution is 2.11. The molecule has 0 aliphatic heterocycles. The minimum absolute atomic E-state index is 0.244. The molecule has 2 amide bonds. The van der Waals surface area contributed by atoms with Crippen molar-refractivity contribution in [1.82, 2.24) is 10.3 Å². The minimum Gasteiger partial charge on any atom is -0.337 e. The summed E-state index contributed by atoms with van der Waals surface area (Å²) in [6, 6.07) is 7.35. The Morgan fingerprint density at radius 2 is 2.33 bits per heavy atom. The molecule has 1 heterocycles. The molecule has 1 aromatic carbocycles. The van der Waals surface area contributed by atoms with E-state index in [0.29, 0.717) is 16.7 Å². The second-order valence-electron chi connectivity index (χ2n) is 3.60. The van der Waals surface area contributed by atoms with Crippen LogP contribution in [0.2, 0.25) is 5.02 Å². The van der Waals surface area contributed by atoms with Gasteiger partial charge in [0.1, 0.15) is 0 Å². The number of rotatable bonds is 4. The van der Waals surface area contributed by atoms with E-state index in [4.69, 9.17) is 11.6 Å². The smallest absolute Gasteiger partial charge is 0.321 e. The standard InChI is InChI=1S/C12H12ClN3OS/c13-10-3-1-2-9(8-10)4-5-14-11(17)16-12-15-6-7-18-12/h1-3,6-8H,4-5H2,(H2,14,15,16,17). The van der Waals surface area contributed by atoms with Crippen LogP contribution < -0.4 is 10.6 Å². The average molecular weight is 282 g/mol. The van der Waals surface area contributed by atoms with Gasteiger partial charge in [-0.25, -0.2) is 9.78 Å². The first-order chi connectivity index (χ1) is 8.74. The van der Waals surface area contributed by atoms with Crippen LogP contribution in [0, 0.1) is 0 Å². The molecule has 6 heteroatoms. The molecule has 94 valence electrons. The van der Waals surface area contributed by atoms with Gasteiger partial charge in [0.15, 0.2) is 5.13 Å². The number of carbonyl (C=O) groups is 1. The SMILES string of the molecule is O=C(NCCc1cccc(Cl)c1)Nc1nccs1. The minimum atomic E-state index is -0.244. The highest BCUT2D eigenvalue weighted by Gasteiger charge is 2.02. The highest BCUT2D eigenvalue weighted by molar-refractivity contribution is 7.13. The van der Waals surface area contributed by atoms with Gasteiger partial charge in [0.25, 0.3) is 0 Å². The third kappa shape index (κ3) is 4.01. The Kier molecular flexibility index (Phi) is 4.55. The number of aromatic nitrogens is 1. The van der Waals surface area contributed by atoms with Crippen molar-refractivity contribution >= 4 is 34.1 Å². The van der Waals surface area contributed by atoms with E-state index in [1.165, 1.54) is 11.3 Å². The van der Waals surface area contributed by atoms with Crippen LogP contribution in [0.3, 0.4) is 0 Å². The molecule has 1 aromatic heterocycles. The van der Waals surface area contributed by atoms with Gasteiger partial charge in [0, 0.05) is 23.1 Å². The molecule has 2 aromatic rings. The molecular formula is C12H12ClN3OS. The summed E-state index contributed by atoms with van der Waals surface area (Å²) in [7, 11) is 0. The monoisotopic (exact) mass is 281 g/mol. The normalized spacial score (nSPS) is 10.1. The van der Waals surface area contributed by atoms with Gasteiger partial charge in [-0.1, -0.05) is 23.7 Å². The molecule has 0 atom stereocenters. The van der Waals surface area contributed by atoms with E-state index < -0.39 is 0 Å². The van der Waals surface area contributed by atoms with Crippen LogP contribution in [-0.2, 0) is 6.42 Å². The molecule has 0 fully saturated rings. The van der Waals surface area contributed by atoms with Gasteiger partial charge in [0.05, 0.1) is 0 Å². The predicted molar refractivity (Wildman–Crippen MR) is 74.3 cm³/mol. The fraction of sp³-hybridized carbons (Fsp3) is 0.167. The summed E-state index contributed by atoms with van der Waals surface area (Å²) < 4.78 is 0. The maximum atomic E-state index is 11.5. The van der Waals surface area contributed by atoms with Crippen molar-refractivity contribution in [3.8, 4) is 0 Å². The summed E-state index contributed by atoms with van der Waals surface area (Å²) in [4.78, 5) is 15.4. The number of nitrogens with one attached hydrogen (secondary N) is 2. The molecule has 0 saturated carbocycles. The average Bonchev–Trinajstić information content (AvgIpc) is 2.82. The van der Waals surface area contributed by atoms with Gasteiger partial charge in [-0.3, -0.25) is 5.32 Å². The van der Waals surface area contributed by atoms with E-state index in [9.17, 15) is 4.79 Å². The first-order valence-electron chi connectivity index (χ1n) is 5.43. The first kappa shape index (κ1) is 12.9. The number of halogens is 1. The maximum absolute atomic E-state index is 11.5. The zero-order chi connectivity index (χ0) is 12.8. The summed E-state index contributed by atoms with van der Waals surface area (Å²) >= 11 is 7.26. The van der Waals surface area contributed by atoms with E-state index in [1.54, 1.807) is 6.20 Å². The van der Waals surface area contributed by atoms with Crippen LogP contribution in [0.5, 0.6) is 0 Å². The van der Waals surface area contributed by atoms with Crippen molar-refractivity contribution in [3.05, 3.63) is 46.4 Å². The lowest BCUT2D eigenvalue weighted by Crippen LogP contribution is -2.30. The summed E-state index contributed by atoms with van der Waals surface area (Å²) in [6.45, 7) is 0.553. The second kappa shape index (κ2) is 6.37. The van der Waals surface area contributed by atoms with Crippen LogP contribution in [0.4, 0.5) is 9.93 Å². The molecule has 0 spiro atoms. The topological polar surface area (TPSA) is 54.0 Å². The molecule has 0 aliphatic carbocycles. The van der Waals surface area contributed by atoms with E-state index in [-0.39, 0.29) is 6.03 Å². The third-order valence-corrected chi connectivity index (χ3v) is 3.16. The second-order valence-corrected chi connectivity index (χ2v) is 4.93. The molecular weight excluding hydrogens is 270 g/mol. The molecule has 4 nitrogen and oxygen atoms in total. The summed E-state index contributed by atoms with van der Waals surface area (Å²) in [5, 5.41) is 8.52. The van der Waals surface area contributed by atoms with Gasteiger partial charge >= 0.3 is 6.03 Å². The van der Waals surface area contributed by atoms with Crippen molar-refractivity contribution < 1.29 is 4.79 Å². The van der Waals surface area contributed by atoms with Crippen LogP contribution >= 0.6 is 22.9 Å². The number of hydrogen-bond donors (Lipinski definition) is 2. The van der Waals surface area contributed by atoms with E-state index in [0.717, 1.165) is 12.0 Å². The Labute approximate surface area is 114 Å². The van der Waals surface area contributed by atoms with Crippen molar-refractivity contribution in [1.29, 1.82) is 0 Å². The van der Waals surface area contributed by atoms with E-state index in [1.807, 2.05) is 29.6 Å². The van der Waals surface area contributed by atoms with Gasteiger partial charge in [0.2, 0.25) is 0 Å². The fourth-order valence-electron chi connectivity index (χ4n) is 1.44. The molecule has 0 bridgehead atoms. The summed E-state index contributed by atoms with van der Waals surface area (Å²) in [5.74, 6) is 0. The molecule has 2 N–H and O–H groups in total. The Morgan fingerprint density at radius 3 is 3.06 bits per heavy atom. The van der Waals surface area contributed by atoms with E-state index in [2.05, 4.69) is 15.6 Å². The number of amides is 2. The number of urea groups is 1. The van der Waals surface area contributed by atoms with E-state index >= 15 is 0 Å². The number of thiazole rings is 1. The molecule has 2 rings (SSSR count). The van der Waals surface area contributed by atoms with Crippen LogP contribution in [-0.4, -0.2) is 17.6 Å². The van der Waals surface area contributed by atoms with Crippen LogP contribution in [0.1, 0.15) is 5.56 Å². The number of anilines is 1. The Balaban J connectivity index is 1.73. The molecule has 0 aliphatic rings. The van der Waals surface area contributed by atoms with Gasteiger partial charge < -0.3 is 5.32 Å². The van der Waals surface area contributed by atoms with Crippen LogP contribution in [0.25, 0.3) is 0 Å². The van der Waals surface area contributed by atoms with Crippen molar-refractivity contribution in [2.24, 2.45) is 0 Å². The Hall–Kier alpha value is -1.59. The predicted octanol–water partition coefficient (Wildman–Crippen LogP) is 3.16. The number of nitrogens with zero attached hydrogens (tertiary/aromatic N) is 1. The molecule has 18 heavy (non-hydrogen) atoms. The molecule has 0 unspecified atom stereocenters. The van der Waals surface area contributed by atoms with Gasteiger partial charge in [-0.05, 0) is 24.1 Å². The van der Waals surface area contributed by atoms with Crippen molar-refractivity contribution in [2.75, 3.05) is 11.9 Å². The maximum Gasteiger partial charge on any atom is 0.321 e. The number of benzene rings is 1. The number of hydrogen-bond acceptors (Lipinski definition) is 3. The van der Waals surface area contributed by atoms with Crippen molar-refractivity contribution in [3.63, 3.8) is 0 Å². The fourth-order valence-corrected chi connectivity index (χ4v) is 2.18. The summed E-state index contributed by atoms with van der Waals surface area (Å²) in [6.07, 6.45) is 2.39. The lowest BCUT2D eigenvalue weighted by molar-refractivity contribution is 0.252.